The first kappa shape index (κ1) is 28.0. The molecule has 2 N–H and O–H groups in total. The Balaban J connectivity index is 1.89. The average Bonchev–Trinajstić information content (AvgIpc) is 3.09. The van der Waals surface area contributed by atoms with Crippen LogP contribution in [0.25, 0.3) is 0 Å². The van der Waals surface area contributed by atoms with E-state index in [9.17, 15) is 24.6 Å². The Morgan fingerprint density at radius 1 is 1.20 bits per heavy atom. The van der Waals surface area contributed by atoms with Gasteiger partial charge in [-0.05, 0) is 73.3 Å². The summed E-state index contributed by atoms with van der Waals surface area (Å²) in [7, 11) is 0. The second-order valence-electron chi connectivity index (χ2n) is 12.5. The van der Waals surface area contributed by atoms with E-state index in [1.807, 2.05) is 0 Å². The smallest absolute Gasteiger partial charge is 0.302 e. The molecule has 6 heteroatoms. The largest absolute Gasteiger partial charge is 0.462 e. The number of ether oxygens (including phenoxy) is 1. The molecular weight excluding hydrogens is 444 g/mol. The Hall–Kier alpha value is -1.53. The normalized spacial score (nSPS) is 40.3. The number of Topliss-reactive ketones (excluding diaryl/α,β-unsaturated/α-hetero) is 1. The second-order valence-corrected chi connectivity index (χ2v) is 12.5. The van der Waals surface area contributed by atoms with E-state index in [2.05, 4.69) is 27.7 Å². The molecule has 0 aromatic rings. The van der Waals surface area contributed by atoms with Crippen molar-refractivity contribution in [3.8, 4) is 0 Å². The van der Waals surface area contributed by atoms with Crippen molar-refractivity contribution in [3.05, 3.63) is 11.6 Å². The lowest BCUT2D eigenvalue weighted by Gasteiger charge is -2.54. The van der Waals surface area contributed by atoms with Crippen molar-refractivity contribution in [2.24, 2.45) is 34.5 Å². The molecule has 2 saturated carbocycles. The third-order valence-corrected chi connectivity index (χ3v) is 9.82. The second kappa shape index (κ2) is 10.5. The van der Waals surface area contributed by atoms with E-state index in [1.165, 1.54) is 13.3 Å². The summed E-state index contributed by atoms with van der Waals surface area (Å²) in [6.45, 7) is 12.0. The van der Waals surface area contributed by atoms with Crippen LogP contribution in [0, 0.1) is 34.5 Å². The summed E-state index contributed by atoms with van der Waals surface area (Å²) >= 11 is 0. The van der Waals surface area contributed by atoms with E-state index in [1.54, 1.807) is 13.0 Å². The minimum Gasteiger partial charge on any atom is -0.462 e. The maximum absolute atomic E-state index is 14.0. The summed E-state index contributed by atoms with van der Waals surface area (Å²) in [5.74, 6) is 0.756. The molecule has 0 unspecified atom stereocenters. The number of fused-ring (bicyclic) bond motifs is 1. The third kappa shape index (κ3) is 5.02. The number of hydrogen-bond donors (Lipinski definition) is 2. The number of ketones is 1. The highest BCUT2D eigenvalue weighted by Crippen LogP contribution is 2.60. The Morgan fingerprint density at radius 2 is 1.89 bits per heavy atom. The van der Waals surface area contributed by atoms with Crippen LogP contribution in [-0.4, -0.2) is 46.1 Å². The molecule has 198 valence electrons. The van der Waals surface area contributed by atoms with Gasteiger partial charge in [0, 0.05) is 19.8 Å². The van der Waals surface area contributed by atoms with E-state index in [-0.39, 0.29) is 23.5 Å². The maximum Gasteiger partial charge on any atom is 0.302 e. The predicted octanol–water partition coefficient (Wildman–Crippen LogP) is 4.79. The van der Waals surface area contributed by atoms with Crippen LogP contribution in [0.4, 0.5) is 0 Å². The lowest BCUT2D eigenvalue weighted by atomic mass is 9.53. The van der Waals surface area contributed by atoms with Crippen molar-refractivity contribution in [2.45, 2.75) is 117 Å². The number of carbonyl (C=O) groups excluding carboxylic acids is 3. The lowest BCUT2D eigenvalue weighted by Crippen LogP contribution is -2.65. The van der Waals surface area contributed by atoms with Gasteiger partial charge in [0.25, 0.3) is 0 Å². The fourth-order valence-corrected chi connectivity index (χ4v) is 7.64. The number of carbonyl (C=O) groups is 3. The number of aliphatic hydroxyl groups is 2. The lowest BCUT2D eigenvalue weighted by molar-refractivity contribution is -0.198. The van der Waals surface area contributed by atoms with Gasteiger partial charge >= 0.3 is 5.97 Å². The molecule has 2 fully saturated rings. The van der Waals surface area contributed by atoms with Gasteiger partial charge in [-0.1, -0.05) is 47.0 Å². The van der Waals surface area contributed by atoms with Gasteiger partial charge in [-0.3, -0.25) is 9.59 Å². The summed E-state index contributed by atoms with van der Waals surface area (Å²) in [6.07, 6.45) is 7.21. The van der Waals surface area contributed by atoms with E-state index in [4.69, 9.17) is 4.74 Å². The van der Waals surface area contributed by atoms with Crippen molar-refractivity contribution in [1.82, 2.24) is 0 Å². The SMILES string of the molecule is CC(=O)O[C@H]1CC[C@]2(C)C(=O)C([C@@H]3CC[C@H]([C@H](C)CCCC(C)C)[C@@]3(C)CC=O)=C[C@@H](O)[C@@]2(O)C1. The van der Waals surface area contributed by atoms with Gasteiger partial charge in [0.2, 0.25) is 0 Å². The Morgan fingerprint density at radius 3 is 2.49 bits per heavy atom. The molecule has 0 radical (unpaired) electrons. The number of aliphatic hydroxyl groups excluding tert-OH is 1. The Kier molecular flexibility index (Phi) is 8.38. The predicted molar refractivity (Wildman–Crippen MR) is 134 cm³/mol. The topological polar surface area (TPSA) is 101 Å². The van der Waals surface area contributed by atoms with Crippen LogP contribution in [0.3, 0.4) is 0 Å². The van der Waals surface area contributed by atoms with E-state index < -0.39 is 29.2 Å². The summed E-state index contributed by atoms with van der Waals surface area (Å²) in [4.78, 5) is 37.3. The van der Waals surface area contributed by atoms with Crippen LogP contribution in [0.2, 0.25) is 0 Å². The molecule has 0 spiro atoms. The minimum atomic E-state index is -1.69. The first-order valence-electron chi connectivity index (χ1n) is 13.6. The van der Waals surface area contributed by atoms with Gasteiger partial charge < -0.3 is 19.7 Å². The maximum atomic E-state index is 14.0. The first-order valence-corrected chi connectivity index (χ1v) is 13.6. The summed E-state index contributed by atoms with van der Waals surface area (Å²) in [5, 5.41) is 22.8. The van der Waals surface area contributed by atoms with Crippen molar-refractivity contribution < 1.29 is 29.3 Å². The van der Waals surface area contributed by atoms with Gasteiger partial charge in [-0.25, -0.2) is 0 Å². The van der Waals surface area contributed by atoms with Crippen LogP contribution in [0.15, 0.2) is 11.6 Å². The number of allylic oxidation sites excluding steroid dienone is 1. The van der Waals surface area contributed by atoms with Gasteiger partial charge in [0.1, 0.15) is 24.1 Å². The third-order valence-electron chi connectivity index (χ3n) is 9.82. The highest BCUT2D eigenvalue weighted by molar-refractivity contribution is 6.02. The number of aldehydes is 1. The molecule has 0 aliphatic heterocycles. The molecular formula is C29H46O6. The molecule has 0 bridgehead atoms. The van der Waals surface area contributed by atoms with Crippen LogP contribution in [0.5, 0.6) is 0 Å². The van der Waals surface area contributed by atoms with Gasteiger partial charge in [-0.2, -0.15) is 0 Å². The van der Waals surface area contributed by atoms with Crippen molar-refractivity contribution in [3.63, 3.8) is 0 Å². The molecule has 35 heavy (non-hydrogen) atoms. The quantitative estimate of drug-likeness (QED) is 0.356. The van der Waals surface area contributed by atoms with E-state index in [0.29, 0.717) is 42.6 Å². The van der Waals surface area contributed by atoms with Crippen molar-refractivity contribution >= 4 is 18.0 Å². The molecule has 0 heterocycles. The molecule has 0 aromatic heterocycles. The summed E-state index contributed by atoms with van der Waals surface area (Å²) in [6, 6.07) is 0. The zero-order chi connectivity index (χ0) is 26.2. The zero-order valence-corrected chi connectivity index (χ0v) is 22.5. The molecule has 0 aromatic carbocycles. The van der Waals surface area contributed by atoms with Gasteiger partial charge in [0.05, 0.1) is 5.41 Å². The molecule has 0 saturated heterocycles. The monoisotopic (exact) mass is 490 g/mol. The molecule has 3 rings (SSSR count). The Labute approximate surface area is 210 Å². The van der Waals surface area contributed by atoms with Gasteiger partial charge in [-0.15, -0.1) is 0 Å². The molecule has 0 amide bonds. The highest BCUT2D eigenvalue weighted by atomic mass is 16.5. The summed E-state index contributed by atoms with van der Waals surface area (Å²) < 4.78 is 5.33. The van der Waals surface area contributed by atoms with E-state index >= 15 is 0 Å². The summed E-state index contributed by atoms with van der Waals surface area (Å²) in [5.41, 5.74) is -2.62. The standard InChI is InChI=1S/C29H46O6/c1-18(2)8-7-9-19(3)23-10-11-24(27(23,5)14-15-30)22-16-25(32)29(34)17-21(35-20(4)31)12-13-28(29,6)26(22)33/h15-16,18-19,21,23-25,32,34H,7-14,17H2,1-6H3/t19-,21+,23-,24+,25-,27-,28-,29+/m1/s1. The Bertz CT molecular complexity index is 848. The van der Waals surface area contributed by atoms with E-state index in [0.717, 1.165) is 32.0 Å². The first-order chi connectivity index (χ1) is 16.3. The number of rotatable bonds is 9. The van der Waals surface area contributed by atoms with Crippen LogP contribution in [0.1, 0.15) is 99.3 Å². The molecule has 3 aliphatic carbocycles. The zero-order valence-electron chi connectivity index (χ0n) is 22.5. The van der Waals surface area contributed by atoms with Crippen LogP contribution in [-0.2, 0) is 19.1 Å². The van der Waals surface area contributed by atoms with Gasteiger partial charge in [0.15, 0.2) is 5.78 Å². The number of esters is 1. The number of hydrogen-bond acceptors (Lipinski definition) is 6. The van der Waals surface area contributed by atoms with Crippen LogP contribution >= 0.6 is 0 Å². The van der Waals surface area contributed by atoms with Crippen molar-refractivity contribution in [1.29, 1.82) is 0 Å². The molecule has 3 aliphatic rings. The minimum absolute atomic E-state index is 0.0333. The fraction of sp³-hybridized carbons (Fsp3) is 0.828. The molecule has 6 nitrogen and oxygen atoms in total. The molecule has 8 atom stereocenters. The van der Waals surface area contributed by atoms with Crippen molar-refractivity contribution in [2.75, 3.05) is 0 Å². The average molecular weight is 491 g/mol. The fourth-order valence-electron chi connectivity index (χ4n) is 7.64. The highest BCUT2D eigenvalue weighted by Gasteiger charge is 2.64. The van der Waals surface area contributed by atoms with Crippen LogP contribution < -0.4 is 0 Å².